The molecule has 1 aromatic rings. The number of ether oxygens (including phenoxy) is 1. The topological polar surface area (TPSA) is 58.6 Å². The molecule has 1 aromatic carbocycles. The van der Waals surface area contributed by atoms with Crippen molar-refractivity contribution in [2.75, 3.05) is 6.61 Å². The Labute approximate surface area is 121 Å². The van der Waals surface area contributed by atoms with E-state index in [4.69, 9.17) is 9.84 Å². The molecule has 112 valence electrons. The van der Waals surface area contributed by atoms with Crippen LogP contribution in [-0.4, -0.2) is 29.3 Å². The van der Waals surface area contributed by atoms with Crippen molar-refractivity contribution in [3.63, 3.8) is 0 Å². The van der Waals surface area contributed by atoms with Crippen molar-refractivity contribution in [1.29, 1.82) is 0 Å². The standard InChI is InChI=1S/C16H25NO3/c1-4-16(3,10-11-18)17-15(19)13(2)20-12-14-8-6-5-7-9-14/h5-9,13,18H,4,10-12H2,1-3H3,(H,17,19). The molecule has 4 nitrogen and oxygen atoms in total. The van der Waals surface area contributed by atoms with Gasteiger partial charge in [-0.15, -0.1) is 0 Å². The van der Waals surface area contributed by atoms with E-state index in [0.717, 1.165) is 12.0 Å². The first-order valence-corrected chi connectivity index (χ1v) is 7.09. The fraction of sp³-hybridized carbons (Fsp3) is 0.562. The van der Waals surface area contributed by atoms with Crippen LogP contribution in [0.4, 0.5) is 0 Å². The van der Waals surface area contributed by atoms with Gasteiger partial charge in [-0.2, -0.15) is 0 Å². The van der Waals surface area contributed by atoms with E-state index in [-0.39, 0.29) is 18.1 Å². The van der Waals surface area contributed by atoms with Crippen molar-refractivity contribution >= 4 is 5.91 Å². The average molecular weight is 279 g/mol. The SMILES string of the molecule is CCC(C)(CCO)NC(=O)C(C)OCc1ccccc1. The average Bonchev–Trinajstić information content (AvgIpc) is 2.46. The molecule has 4 heteroatoms. The predicted octanol–water partition coefficient (Wildman–Crippen LogP) is 2.26. The van der Waals surface area contributed by atoms with Gasteiger partial charge in [-0.3, -0.25) is 4.79 Å². The van der Waals surface area contributed by atoms with Crippen molar-refractivity contribution < 1.29 is 14.6 Å². The summed E-state index contributed by atoms with van der Waals surface area (Å²) in [6.45, 7) is 6.14. The van der Waals surface area contributed by atoms with Gasteiger partial charge in [0.15, 0.2) is 0 Å². The second-order valence-electron chi connectivity index (χ2n) is 5.32. The van der Waals surface area contributed by atoms with E-state index < -0.39 is 6.10 Å². The minimum atomic E-state index is -0.514. The number of carbonyl (C=O) groups is 1. The van der Waals surface area contributed by atoms with Crippen molar-refractivity contribution in [1.82, 2.24) is 5.32 Å². The van der Waals surface area contributed by atoms with E-state index in [1.54, 1.807) is 6.92 Å². The minimum absolute atomic E-state index is 0.0594. The molecule has 0 bridgehead atoms. The number of aliphatic hydroxyl groups is 1. The first kappa shape index (κ1) is 16.7. The van der Waals surface area contributed by atoms with E-state index in [9.17, 15) is 4.79 Å². The van der Waals surface area contributed by atoms with Crippen LogP contribution in [0, 0.1) is 0 Å². The first-order chi connectivity index (χ1) is 9.50. The van der Waals surface area contributed by atoms with Gasteiger partial charge >= 0.3 is 0 Å². The highest BCUT2D eigenvalue weighted by Gasteiger charge is 2.26. The molecule has 2 unspecified atom stereocenters. The van der Waals surface area contributed by atoms with Gasteiger partial charge in [0.25, 0.3) is 0 Å². The maximum Gasteiger partial charge on any atom is 0.249 e. The van der Waals surface area contributed by atoms with Crippen LogP contribution in [-0.2, 0) is 16.1 Å². The van der Waals surface area contributed by atoms with E-state index >= 15 is 0 Å². The smallest absolute Gasteiger partial charge is 0.249 e. The second kappa shape index (κ2) is 8.02. The number of hydrogen-bond donors (Lipinski definition) is 2. The van der Waals surface area contributed by atoms with Gasteiger partial charge in [0.2, 0.25) is 5.91 Å². The molecule has 2 atom stereocenters. The highest BCUT2D eigenvalue weighted by Crippen LogP contribution is 2.14. The zero-order valence-electron chi connectivity index (χ0n) is 12.6. The van der Waals surface area contributed by atoms with Crippen LogP contribution in [0.5, 0.6) is 0 Å². The lowest BCUT2D eigenvalue weighted by Gasteiger charge is -2.30. The van der Waals surface area contributed by atoms with Gasteiger partial charge in [-0.25, -0.2) is 0 Å². The Kier molecular flexibility index (Phi) is 6.68. The lowest BCUT2D eigenvalue weighted by molar-refractivity contribution is -0.134. The molecule has 0 heterocycles. The van der Waals surface area contributed by atoms with Gasteiger partial charge in [-0.05, 0) is 32.3 Å². The van der Waals surface area contributed by atoms with Gasteiger partial charge in [-0.1, -0.05) is 37.3 Å². The third kappa shape index (κ3) is 5.31. The summed E-state index contributed by atoms with van der Waals surface area (Å²) in [6.07, 6.45) is 0.797. The monoisotopic (exact) mass is 279 g/mol. The van der Waals surface area contributed by atoms with E-state index in [0.29, 0.717) is 13.0 Å². The Balaban J connectivity index is 2.46. The molecular weight excluding hydrogens is 254 g/mol. The van der Waals surface area contributed by atoms with Crippen LogP contribution in [0.2, 0.25) is 0 Å². The zero-order chi connectivity index (χ0) is 15.0. The summed E-state index contributed by atoms with van der Waals surface area (Å²) in [5.41, 5.74) is 0.664. The van der Waals surface area contributed by atoms with Crippen LogP contribution in [0.1, 0.15) is 39.2 Å². The summed E-state index contributed by atoms with van der Waals surface area (Å²) < 4.78 is 5.58. The van der Waals surface area contributed by atoms with Crippen molar-refractivity contribution in [2.24, 2.45) is 0 Å². The van der Waals surface area contributed by atoms with Crippen molar-refractivity contribution in [2.45, 2.75) is 51.9 Å². The van der Waals surface area contributed by atoms with Gasteiger partial charge in [0, 0.05) is 12.1 Å². The molecule has 1 amide bonds. The molecule has 0 spiro atoms. The molecular formula is C16H25NO3. The van der Waals surface area contributed by atoms with Crippen LogP contribution in [0.3, 0.4) is 0 Å². The molecule has 0 saturated carbocycles. The molecule has 0 aliphatic heterocycles. The van der Waals surface area contributed by atoms with Crippen LogP contribution >= 0.6 is 0 Å². The summed E-state index contributed by atoms with van der Waals surface area (Å²) in [6, 6.07) is 9.76. The minimum Gasteiger partial charge on any atom is -0.396 e. The maximum absolute atomic E-state index is 12.1. The molecule has 20 heavy (non-hydrogen) atoms. The lowest BCUT2D eigenvalue weighted by atomic mass is 9.94. The predicted molar refractivity (Wildman–Crippen MR) is 79.2 cm³/mol. The van der Waals surface area contributed by atoms with Crippen molar-refractivity contribution in [3.8, 4) is 0 Å². The van der Waals surface area contributed by atoms with E-state index in [1.807, 2.05) is 44.2 Å². The molecule has 0 aliphatic carbocycles. The van der Waals surface area contributed by atoms with Crippen molar-refractivity contribution in [3.05, 3.63) is 35.9 Å². The highest BCUT2D eigenvalue weighted by atomic mass is 16.5. The number of nitrogens with one attached hydrogen (secondary N) is 1. The molecule has 0 fully saturated rings. The Morgan fingerprint density at radius 1 is 1.40 bits per heavy atom. The summed E-state index contributed by atoms with van der Waals surface area (Å²) >= 11 is 0. The third-order valence-corrected chi connectivity index (χ3v) is 3.58. The summed E-state index contributed by atoms with van der Waals surface area (Å²) in [5.74, 6) is -0.140. The number of carbonyl (C=O) groups excluding carboxylic acids is 1. The molecule has 0 saturated heterocycles. The van der Waals surface area contributed by atoms with Crippen LogP contribution < -0.4 is 5.32 Å². The van der Waals surface area contributed by atoms with Crippen LogP contribution in [0.25, 0.3) is 0 Å². The molecule has 0 radical (unpaired) electrons. The molecule has 0 aliphatic rings. The largest absolute Gasteiger partial charge is 0.396 e. The highest BCUT2D eigenvalue weighted by molar-refractivity contribution is 5.81. The summed E-state index contributed by atoms with van der Waals surface area (Å²) in [4.78, 5) is 12.1. The number of aliphatic hydroxyl groups excluding tert-OH is 1. The zero-order valence-corrected chi connectivity index (χ0v) is 12.6. The van der Waals surface area contributed by atoms with Crippen LogP contribution in [0.15, 0.2) is 30.3 Å². The first-order valence-electron chi connectivity index (χ1n) is 7.09. The lowest BCUT2D eigenvalue weighted by Crippen LogP contribution is -2.49. The van der Waals surface area contributed by atoms with E-state index in [1.165, 1.54) is 0 Å². The van der Waals surface area contributed by atoms with Gasteiger partial charge in [0.05, 0.1) is 6.61 Å². The molecule has 1 rings (SSSR count). The Morgan fingerprint density at radius 2 is 2.05 bits per heavy atom. The normalized spacial score (nSPS) is 15.4. The second-order valence-corrected chi connectivity index (χ2v) is 5.32. The Bertz CT molecular complexity index is 407. The fourth-order valence-corrected chi connectivity index (χ4v) is 1.84. The number of amides is 1. The Morgan fingerprint density at radius 3 is 2.60 bits per heavy atom. The third-order valence-electron chi connectivity index (χ3n) is 3.58. The van der Waals surface area contributed by atoms with E-state index in [2.05, 4.69) is 5.32 Å². The Hall–Kier alpha value is -1.39. The molecule has 0 aromatic heterocycles. The van der Waals surface area contributed by atoms with Gasteiger partial charge < -0.3 is 15.2 Å². The number of rotatable bonds is 8. The number of hydrogen-bond acceptors (Lipinski definition) is 3. The number of benzene rings is 1. The molecule has 2 N–H and O–H groups in total. The fourth-order valence-electron chi connectivity index (χ4n) is 1.84. The van der Waals surface area contributed by atoms with Gasteiger partial charge in [0.1, 0.15) is 6.10 Å². The summed E-state index contributed by atoms with van der Waals surface area (Å²) in [5, 5.41) is 12.0. The summed E-state index contributed by atoms with van der Waals surface area (Å²) in [7, 11) is 0. The maximum atomic E-state index is 12.1. The quantitative estimate of drug-likeness (QED) is 0.767.